The highest BCUT2D eigenvalue weighted by Crippen LogP contribution is 2.29. The quantitative estimate of drug-likeness (QED) is 0.630. The van der Waals surface area contributed by atoms with Gasteiger partial charge in [-0.25, -0.2) is 4.79 Å². The maximum absolute atomic E-state index is 12.2. The summed E-state index contributed by atoms with van der Waals surface area (Å²) in [6.07, 6.45) is -0.606. The number of alkyl carbamates (subject to hydrolysis) is 1. The molecule has 1 heterocycles. The highest BCUT2D eigenvalue weighted by molar-refractivity contribution is 14.1. The topological polar surface area (TPSA) is 79.5 Å². The Morgan fingerprint density at radius 1 is 1.43 bits per heavy atom. The molecule has 21 heavy (non-hydrogen) atoms. The molecule has 2 amide bonds. The largest absolute Gasteiger partial charge is 0.444 e. The lowest BCUT2D eigenvalue weighted by Crippen LogP contribution is -2.48. The Kier molecular flexibility index (Phi) is 4.60. The number of halogens is 1. The van der Waals surface area contributed by atoms with Crippen LogP contribution in [0.5, 0.6) is 0 Å². The SMILES string of the molecule is CC(C)(C)OC(=O)N[C@H]1CNc2cccc(I)c2NC1=O. The average molecular weight is 403 g/mol. The normalized spacial score (nSPS) is 17.9. The van der Waals surface area contributed by atoms with Crippen molar-refractivity contribution in [3.05, 3.63) is 21.8 Å². The van der Waals surface area contributed by atoms with Gasteiger partial charge in [-0.15, -0.1) is 0 Å². The molecule has 0 bridgehead atoms. The minimum atomic E-state index is -0.692. The van der Waals surface area contributed by atoms with E-state index in [9.17, 15) is 9.59 Å². The molecule has 6 nitrogen and oxygen atoms in total. The summed E-state index contributed by atoms with van der Waals surface area (Å²) in [6, 6.07) is 5.00. The minimum absolute atomic E-state index is 0.267. The standard InChI is InChI=1S/C14H18IN3O3/c1-14(2,3)21-13(20)17-10-7-16-9-6-4-5-8(15)11(9)18-12(10)19/h4-6,10,16H,7H2,1-3H3,(H,17,20)(H,18,19)/t10-/m0/s1. The highest BCUT2D eigenvalue weighted by Gasteiger charge is 2.27. The van der Waals surface area contributed by atoms with E-state index in [4.69, 9.17) is 4.74 Å². The van der Waals surface area contributed by atoms with Crippen LogP contribution in [0.3, 0.4) is 0 Å². The van der Waals surface area contributed by atoms with Crippen LogP contribution in [-0.4, -0.2) is 30.2 Å². The van der Waals surface area contributed by atoms with E-state index < -0.39 is 17.7 Å². The van der Waals surface area contributed by atoms with Gasteiger partial charge in [0.25, 0.3) is 0 Å². The third-order valence-electron chi connectivity index (χ3n) is 2.77. The lowest BCUT2D eigenvalue weighted by Gasteiger charge is -2.22. The summed E-state index contributed by atoms with van der Waals surface area (Å²) in [5.41, 5.74) is 0.970. The Bertz CT molecular complexity index is 569. The fourth-order valence-corrected chi connectivity index (χ4v) is 2.51. The summed E-state index contributed by atoms with van der Waals surface area (Å²) in [4.78, 5) is 24.0. The van der Waals surface area contributed by atoms with Crippen LogP contribution in [0, 0.1) is 3.57 Å². The maximum Gasteiger partial charge on any atom is 0.408 e. The van der Waals surface area contributed by atoms with Crippen molar-refractivity contribution < 1.29 is 14.3 Å². The lowest BCUT2D eigenvalue weighted by atomic mass is 10.2. The van der Waals surface area contributed by atoms with Crippen LogP contribution in [0.25, 0.3) is 0 Å². The van der Waals surface area contributed by atoms with Crippen LogP contribution >= 0.6 is 22.6 Å². The first-order chi connectivity index (χ1) is 9.76. The van der Waals surface area contributed by atoms with Crippen LogP contribution in [0.15, 0.2) is 18.2 Å². The molecule has 1 aromatic rings. The maximum atomic E-state index is 12.2. The first-order valence-corrected chi connectivity index (χ1v) is 7.67. The second-order valence-electron chi connectivity index (χ2n) is 5.73. The molecule has 0 aliphatic carbocycles. The fourth-order valence-electron chi connectivity index (χ4n) is 1.88. The van der Waals surface area contributed by atoms with E-state index in [0.29, 0.717) is 6.54 Å². The van der Waals surface area contributed by atoms with Gasteiger partial charge >= 0.3 is 6.09 Å². The van der Waals surface area contributed by atoms with Crippen molar-refractivity contribution in [1.29, 1.82) is 0 Å². The van der Waals surface area contributed by atoms with Gasteiger partial charge in [-0.05, 0) is 55.5 Å². The molecular weight excluding hydrogens is 385 g/mol. The third kappa shape index (κ3) is 4.23. The summed E-state index contributed by atoms with van der Waals surface area (Å²) >= 11 is 2.15. The Balaban J connectivity index is 2.07. The summed E-state index contributed by atoms with van der Waals surface area (Å²) in [7, 11) is 0. The van der Waals surface area contributed by atoms with Gasteiger partial charge in [0.05, 0.1) is 11.4 Å². The van der Waals surface area contributed by atoms with E-state index in [2.05, 4.69) is 38.5 Å². The van der Waals surface area contributed by atoms with Crippen molar-refractivity contribution in [1.82, 2.24) is 5.32 Å². The van der Waals surface area contributed by atoms with Crippen molar-refractivity contribution in [2.75, 3.05) is 17.2 Å². The van der Waals surface area contributed by atoms with Crippen molar-refractivity contribution in [3.8, 4) is 0 Å². The van der Waals surface area contributed by atoms with E-state index in [-0.39, 0.29) is 5.91 Å². The molecule has 0 saturated carbocycles. The molecule has 3 N–H and O–H groups in total. The van der Waals surface area contributed by atoms with Gasteiger partial charge < -0.3 is 20.7 Å². The lowest BCUT2D eigenvalue weighted by molar-refractivity contribution is -0.117. The van der Waals surface area contributed by atoms with Crippen LogP contribution in [0.2, 0.25) is 0 Å². The average Bonchev–Trinajstić information content (AvgIpc) is 2.49. The Hall–Kier alpha value is -1.51. The van der Waals surface area contributed by atoms with Gasteiger partial charge in [0.15, 0.2) is 0 Å². The first-order valence-electron chi connectivity index (χ1n) is 6.59. The molecule has 0 saturated heterocycles. The van der Waals surface area contributed by atoms with Gasteiger partial charge in [0.2, 0.25) is 5.91 Å². The van der Waals surface area contributed by atoms with E-state index in [1.165, 1.54) is 0 Å². The molecule has 1 aliphatic rings. The number of anilines is 2. The number of hydrogen-bond acceptors (Lipinski definition) is 4. The second kappa shape index (κ2) is 6.08. The number of carbonyl (C=O) groups excluding carboxylic acids is 2. The zero-order valence-corrected chi connectivity index (χ0v) is 14.3. The van der Waals surface area contributed by atoms with E-state index in [0.717, 1.165) is 14.9 Å². The second-order valence-corrected chi connectivity index (χ2v) is 6.89. The van der Waals surface area contributed by atoms with Crippen molar-refractivity contribution in [3.63, 3.8) is 0 Å². The summed E-state index contributed by atoms with van der Waals surface area (Å²) in [5, 5.41) is 8.57. The summed E-state index contributed by atoms with van der Waals surface area (Å²) in [5.74, 6) is -0.267. The molecule has 7 heteroatoms. The van der Waals surface area contributed by atoms with Crippen molar-refractivity contribution in [2.24, 2.45) is 0 Å². The Labute approximate surface area is 137 Å². The van der Waals surface area contributed by atoms with Crippen LogP contribution < -0.4 is 16.0 Å². The van der Waals surface area contributed by atoms with Gasteiger partial charge in [0, 0.05) is 10.1 Å². The van der Waals surface area contributed by atoms with Gasteiger partial charge in [-0.1, -0.05) is 6.07 Å². The monoisotopic (exact) mass is 403 g/mol. The molecule has 0 spiro atoms. The Morgan fingerprint density at radius 2 is 2.14 bits per heavy atom. The van der Waals surface area contributed by atoms with Crippen LogP contribution in [0.1, 0.15) is 20.8 Å². The minimum Gasteiger partial charge on any atom is -0.444 e. The number of fused-ring (bicyclic) bond motifs is 1. The van der Waals surface area contributed by atoms with Gasteiger partial charge in [-0.3, -0.25) is 4.79 Å². The third-order valence-corrected chi connectivity index (χ3v) is 3.66. The van der Waals surface area contributed by atoms with Gasteiger partial charge in [-0.2, -0.15) is 0 Å². The number of rotatable bonds is 1. The van der Waals surface area contributed by atoms with Crippen molar-refractivity contribution in [2.45, 2.75) is 32.4 Å². The number of para-hydroxylation sites is 1. The number of amides is 2. The zero-order valence-electron chi connectivity index (χ0n) is 12.1. The molecule has 0 radical (unpaired) electrons. The first kappa shape index (κ1) is 15.9. The number of ether oxygens (including phenoxy) is 1. The fraction of sp³-hybridized carbons (Fsp3) is 0.429. The van der Waals surface area contributed by atoms with Crippen LogP contribution in [0.4, 0.5) is 16.2 Å². The Morgan fingerprint density at radius 3 is 2.81 bits per heavy atom. The van der Waals surface area contributed by atoms with E-state index in [1.54, 1.807) is 20.8 Å². The summed E-state index contributed by atoms with van der Waals surface area (Å²) < 4.78 is 6.11. The number of hydrogen-bond donors (Lipinski definition) is 3. The molecule has 114 valence electrons. The molecular formula is C14H18IN3O3. The van der Waals surface area contributed by atoms with Gasteiger partial charge in [0.1, 0.15) is 11.6 Å². The zero-order chi connectivity index (χ0) is 15.6. The molecule has 2 rings (SSSR count). The summed E-state index contributed by atoms with van der Waals surface area (Å²) in [6.45, 7) is 5.63. The number of nitrogens with one attached hydrogen (secondary N) is 3. The number of benzene rings is 1. The van der Waals surface area contributed by atoms with Crippen molar-refractivity contribution >= 4 is 46.0 Å². The predicted molar refractivity (Wildman–Crippen MR) is 89.4 cm³/mol. The molecule has 0 aromatic heterocycles. The van der Waals surface area contributed by atoms with E-state index in [1.807, 2.05) is 18.2 Å². The van der Waals surface area contributed by atoms with E-state index >= 15 is 0 Å². The molecule has 1 atom stereocenters. The molecule has 1 aliphatic heterocycles. The highest BCUT2D eigenvalue weighted by atomic mass is 127. The van der Waals surface area contributed by atoms with Crippen LogP contribution in [-0.2, 0) is 9.53 Å². The number of carbonyl (C=O) groups is 2. The smallest absolute Gasteiger partial charge is 0.408 e. The molecule has 0 fully saturated rings. The molecule has 1 aromatic carbocycles. The predicted octanol–water partition coefficient (Wildman–Crippen LogP) is 2.55. The molecule has 0 unspecified atom stereocenters.